The van der Waals surface area contributed by atoms with E-state index in [1.54, 1.807) is 12.1 Å². The van der Waals surface area contributed by atoms with Crippen molar-refractivity contribution in [1.82, 2.24) is 0 Å². The summed E-state index contributed by atoms with van der Waals surface area (Å²) in [6, 6.07) is 10.6. The van der Waals surface area contributed by atoms with Gasteiger partial charge in [-0.3, -0.25) is 0 Å². The Morgan fingerprint density at radius 2 is 1.61 bits per heavy atom. The lowest BCUT2D eigenvalue weighted by Gasteiger charge is -2.39. The van der Waals surface area contributed by atoms with Gasteiger partial charge in [0, 0.05) is 29.7 Å². The number of ether oxygens (including phenoxy) is 3. The molecule has 0 bridgehead atoms. The van der Waals surface area contributed by atoms with Gasteiger partial charge in [0.1, 0.15) is 47.8 Å². The van der Waals surface area contributed by atoms with Gasteiger partial charge in [-0.15, -0.1) is 0 Å². The quantitative estimate of drug-likeness (QED) is 0.319. The van der Waals surface area contributed by atoms with Gasteiger partial charge in [0.2, 0.25) is 6.29 Å². The molecule has 2 heterocycles. The van der Waals surface area contributed by atoms with Crippen LogP contribution in [0.15, 0.2) is 48.5 Å². The van der Waals surface area contributed by atoms with Gasteiger partial charge >= 0.3 is 5.97 Å². The minimum absolute atomic E-state index is 0.0274. The lowest BCUT2D eigenvalue weighted by molar-refractivity contribution is -0.277. The Kier molecular flexibility index (Phi) is 6.54. The van der Waals surface area contributed by atoms with Crippen LogP contribution >= 0.6 is 0 Å². The Morgan fingerprint density at radius 1 is 0.909 bits per heavy atom. The van der Waals surface area contributed by atoms with Gasteiger partial charge in [0.15, 0.2) is 0 Å². The van der Waals surface area contributed by atoms with E-state index in [0.717, 1.165) is 5.56 Å². The highest BCUT2D eigenvalue weighted by atomic mass is 16.7. The summed E-state index contributed by atoms with van der Waals surface area (Å²) in [4.78, 5) is 12.1. The number of carbonyl (C=O) groups excluding carboxylic acids is 1. The molecule has 176 valence electrons. The Morgan fingerprint density at radius 3 is 2.30 bits per heavy atom. The number of phenols is 2. The number of aliphatic hydroxyl groups excluding tert-OH is 4. The Labute approximate surface area is 188 Å². The summed E-state index contributed by atoms with van der Waals surface area (Å²) in [6.07, 6.45) is -6.59. The van der Waals surface area contributed by atoms with E-state index in [1.165, 1.54) is 36.4 Å². The van der Waals surface area contributed by atoms with Gasteiger partial charge in [-0.25, -0.2) is 4.79 Å². The molecule has 0 amide bonds. The Bertz CT molecular complexity index is 1030. The molecule has 0 aliphatic carbocycles. The zero-order chi connectivity index (χ0) is 23.7. The second-order valence-corrected chi connectivity index (χ2v) is 7.89. The molecule has 2 aromatic carbocycles. The van der Waals surface area contributed by atoms with Crippen LogP contribution in [-0.2, 0) is 20.7 Å². The molecule has 2 aliphatic rings. The van der Waals surface area contributed by atoms with Gasteiger partial charge in [-0.2, -0.15) is 0 Å². The van der Waals surface area contributed by atoms with Crippen molar-refractivity contribution in [2.24, 2.45) is 0 Å². The SMILES string of the molecule is O=C1C=C(c2ccc(O)cc2O[C@@H]2O[C@H](CO)[C@@H](O)[C@H](O)[C@H]2O)[C@H](Cc2ccc(O)cc2)O1. The monoisotopic (exact) mass is 460 g/mol. The van der Waals surface area contributed by atoms with Crippen molar-refractivity contribution in [2.75, 3.05) is 6.61 Å². The zero-order valence-corrected chi connectivity index (χ0v) is 17.3. The number of phenolic OH excluding ortho intramolecular Hbond substituents is 2. The molecule has 0 radical (unpaired) electrons. The minimum Gasteiger partial charge on any atom is -0.508 e. The van der Waals surface area contributed by atoms with Crippen molar-refractivity contribution in [2.45, 2.75) is 43.2 Å². The maximum absolute atomic E-state index is 12.1. The van der Waals surface area contributed by atoms with Crippen LogP contribution in [0.25, 0.3) is 5.57 Å². The zero-order valence-electron chi connectivity index (χ0n) is 17.3. The lowest BCUT2D eigenvalue weighted by Crippen LogP contribution is -2.60. The predicted molar refractivity (Wildman–Crippen MR) is 112 cm³/mol. The van der Waals surface area contributed by atoms with Crippen molar-refractivity contribution in [3.8, 4) is 17.2 Å². The highest BCUT2D eigenvalue weighted by Crippen LogP contribution is 2.38. The van der Waals surface area contributed by atoms with Gasteiger partial charge < -0.3 is 44.8 Å². The first-order valence-corrected chi connectivity index (χ1v) is 10.3. The molecule has 10 nitrogen and oxygen atoms in total. The largest absolute Gasteiger partial charge is 0.508 e. The maximum atomic E-state index is 12.1. The summed E-state index contributed by atoms with van der Waals surface area (Å²) < 4.78 is 16.6. The highest BCUT2D eigenvalue weighted by Gasteiger charge is 2.45. The number of benzene rings is 2. The molecule has 2 aliphatic heterocycles. The molecule has 33 heavy (non-hydrogen) atoms. The summed E-state index contributed by atoms with van der Waals surface area (Å²) in [5.74, 6) is -0.605. The molecule has 6 N–H and O–H groups in total. The summed E-state index contributed by atoms with van der Waals surface area (Å²) in [7, 11) is 0. The van der Waals surface area contributed by atoms with Crippen molar-refractivity contribution in [3.05, 3.63) is 59.7 Å². The van der Waals surface area contributed by atoms with Crippen LogP contribution in [0, 0.1) is 0 Å². The molecule has 0 unspecified atom stereocenters. The molecule has 6 atom stereocenters. The number of hydrogen-bond donors (Lipinski definition) is 6. The van der Waals surface area contributed by atoms with Crippen molar-refractivity contribution >= 4 is 11.5 Å². The van der Waals surface area contributed by atoms with E-state index in [9.17, 15) is 35.4 Å². The average Bonchev–Trinajstić information content (AvgIpc) is 3.15. The molecule has 0 aromatic heterocycles. The number of aliphatic hydroxyl groups is 4. The van der Waals surface area contributed by atoms with Crippen LogP contribution in [0.5, 0.6) is 17.2 Å². The summed E-state index contributed by atoms with van der Waals surface area (Å²) in [5.41, 5.74) is 1.63. The molecule has 4 rings (SSSR count). The number of rotatable bonds is 6. The molecular weight excluding hydrogens is 436 g/mol. The van der Waals surface area contributed by atoms with Crippen molar-refractivity contribution in [1.29, 1.82) is 0 Å². The summed E-state index contributed by atoms with van der Waals surface area (Å²) in [5, 5.41) is 59.2. The smallest absolute Gasteiger partial charge is 0.331 e. The number of aromatic hydroxyl groups is 2. The average molecular weight is 460 g/mol. The van der Waals surface area contributed by atoms with Crippen LogP contribution in [-0.4, -0.2) is 80.0 Å². The van der Waals surface area contributed by atoms with Crippen LogP contribution in [0.1, 0.15) is 11.1 Å². The van der Waals surface area contributed by atoms with Crippen molar-refractivity contribution < 1.29 is 49.6 Å². The fourth-order valence-corrected chi connectivity index (χ4v) is 3.84. The number of esters is 1. The second kappa shape index (κ2) is 9.38. The second-order valence-electron chi connectivity index (χ2n) is 7.89. The third-order valence-corrected chi connectivity index (χ3v) is 5.60. The highest BCUT2D eigenvalue weighted by molar-refractivity contribution is 5.98. The van der Waals surface area contributed by atoms with Gasteiger partial charge in [-0.05, 0) is 29.8 Å². The topological polar surface area (TPSA) is 166 Å². The van der Waals surface area contributed by atoms with Crippen LogP contribution in [0.3, 0.4) is 0 Å². The first-order chi connectivity index (χ1) is 15.8. The lowest BCUT2D eigenvalue weighted by atomic mass is 9.95. The summed E-state index contributed by atoms with van der Waals surface area (Å²) in [6.45, 7) is -0.625. The van der Waals surface area contributed by atoms with Crippen molar-refractivity contribution in [3.63, 3.8) is 0 Å². The molecule has 2 aromatic rings. The third-order valence-electron chi connectivity index (χ3n) is 5.60. The normalized spacial score (nSPS) is 29.5. The Hall–Kier alpha value is -3.15. The number of hydrogen-bond acceptors (Lipinski definition) is 10. The van der Waals surface area contributed by atoms with Crippen LogP contribution in [0.2, 0.25) is 0 Å². The molecule has 10 heteroatoms. The van der Waals surface area contributed by atoms with Gasteiger partial charge in [0.05, 0.1) is 6.61 Å². The van der Waals surface area contributed by atoms with E-state index in [-0.39, 0.29) is 17.2 Å². The van der Waals surface area contributed by atoms with E-state index in [2.05, 4.69) is 0 Å². The molecule has 0 saturated carbocycles. The Balaban J connectivity index is 1.62. The first kappa shape index (κ1) is 23.0. The fraction of sp³-hybridized carbons (Fsp3) is 0.348. The molecule has 1 fully saturated rings. The van der Waals surface area contributed by atoms with Crippen LogP contribution in [0.4, 0.5) is 0 Å². The summed E-state index contributed by atoms with van der Waals surface area (Å²) >= 11 is 0. The van der Waals surface area contributed by atoms with E-state index in [4.69, 9.17) is 14.2 Å². The van der Waals surface area contributed by atoms with Gasteiger partial charge in [-0.1, -0.05) is 12.1 Å². The van der Waals surface area contributed by atoms with E-state index < -0.39 is 49.4 Å². The maximum Gasteiger partial charge on any atom is 0.331 e. The van der Waals surface area contributed by atoms with E-state index in [1.807, 2.05) is 0 Å². The predicted octanol–water partition coefficient (Wildman–Crippen LogP) is -0.172. The van der Waals surface area contributed by atoms with Crippen LogP contribution < -0.4 is 4.74 Å². The fourth-order valence-electron chi connectivity index (χ4n) is 3.84. The number of carbonyl (C=O) groups is 1. The number of cyclic esters (lactones) is 1. The minimum atomic E-state index is -1.65. The molecule has 0 spiro atoms. The first-order valence-electron chi connectivity index (χ1n) is 10.3. The van der Waals surface area contributed by atoms with E-state index >= 15 is 0 Å². The van der Waals surface area contributed by atoms with Gasteiger partial charge in [0.25, 0.3) is 0 Å². The molecule has 1 saturated heterocycles. The molecular formula is C23H24O10. The van der Waals surface area contributed by atoms with E-state index in [0.29, 0.717) is 17.6 Å². The standard InChI is InChI=1S/C23H24O10/c24-10-18-20(28)21(29)22(30)23(33-18)32-17-8-13(26)5-6-14(17)15-9-19(27)31-16(15)7-11-1-3-12(25)4-2-11/h1-6,8-9,16,18,20-26,28-30H,7,10H2/t16-,18+,20+,21-,22+,23+/m0/s1. The third kappa shape index (κ3) is 4.80.